The molecule has 3 aromatic carbocycles. The molecule has 6 nitrogen and oxygen atoms in total. The molecule has 0 saturated carbocycles. The van der Waals surface area contributed by atoms with E-state index in [1.54, 1.807) is 30.3 Å². The second-order valence-electron chi connectivity index (χ2n) is 8.27. The van der Waals surface area contributed by atoms with Crippen molar-refractivity contribution in [3.05, 3.63) is 94.8 Å². The highest BCUT2D eigenvalue weighted by Gasteiger charge is 2.39. The highest BCUT2D eigenvalue weighted by Crippen LogP contribution is 2.35. The Kier molecular flexibility index (Phi) is 6.86. The highest BCUT2D eigenvalue weighted by molar-refractivity contribution is 7.89. The lowest BCUT2D eigenvalue weighted by atomic mass is 9.85. The smallest absolute Gasteiger partial charge is 0.258 e. The summed E-state index contributed by atoms with van der Waals surface area (Å²) in [5, 5.41) is 12.9. The first-order valence-corrected chi connectivity index (χ1v) is 12.1. The maximum absolute atomic E-state index is 14.6. The summed E-state index contributed by atoms with van der Waals surface area (Å²) in [6.07, 6.45) is 0.0161. The summed E-state index contributed by atoms with van der Waals surface area (Å²) in [5.74, 6) is -9.24. The molecular formula is C24H19F5N2O4S. The van der Waals surface area contributed by atoms with Gasteiger partial charge in [0.15, 0.2) is 17.5 Å². The molecule has 4 rings (SSSR count). The van der Waals surface area contributed by atoms with Crippen LogP contribution in [0.5, 0.6) is 0 Å². The van der Waals surface area contributed by atoms with Crippen molar-refractivity contribution >= 4 is 21.6 Å². The van der Waals surface area contributed by atoms with Crippen molar-refractivity contribution in [2.45, 2.75) is 23.3 Å². The number of aliphatic hydroxyl groups is 1. The van der Waals surface area contributed by atoms with Crippen LogP contribution in [0.25, 0.3) is 0 Å². The average molecular weight is 526 g/mol. The summed E-state index contributed by atoms with van der Waals surface area (Å²) in [5.41, 5.74) is -2.18. The zero-order valence-electron chi connectivity index (χ0n) is 18.4. The molecule has 1 aliphatic heterocycles. The van der Waals surface area contributed by atoms with Crippen LogP contribution in [0.1, 0.15) is 28.8 Å². The highest BCUT2D eigenvalue weighted by atomic mass is 32.2. The van der Waals surface area contributed by atoms with Gasteiger partial charge in [-0.3, -0.25) is 4.79 Å². The third-order valence-electron chi connectivity index (χ3n) is 5.99. The van der Waals surface area contributed by atoms with Crippen molar-refractivity contribution in [2.24, 2.45) is 0 Å². The predicted molar refractivity (Wildman–Crippen MR) is 119 cm³/mol. The van der Waals surface area contributed by atoms with Gasteiger partial charge in [-0.1, -0.05) is 30.3 Å². The monoisotopic (exact) mass is 526 g/mol. The number of carbonyl (C=O) groups excluding carboxylic acids is 1. The lowest BCUT2D eigenvalue weighted by Crippen LogP contribution is -2.45. The Labute approximate surface area is 203 Å². The van der Waals surface area contributed by atoms with Crippen LogP contribution in [0.2, 0.25) is 0 Å². The van der Waals surface area contributed by atoms with Gasteiger partial charge >= 0.3 is 0 Å². The minimum absolute atomic E-state index is 0.00803. The third-order valence-corrected chi connectivity index (χ3v) is 7.90. The quantitative estimate of drug-likeness (QED) is 0.383. The molecule has 0 aliphatic carbocycles. The molecule has 0 spiro atoms. The summed E-state index contributed by atoms with van der Waals surface area (Å²) < 4.78 is 96.1. The van der Waals surface area contributed by atoms with Gasteiger partial charge in [0.25, 0.3) is 5.91 Å². The number of benzene rings is 3. The number of carbonyl (C=O) groups is 1. The average Bonchev–Trinajstić information content (AvgIpc) is 2.83. The van der Waals surface area contributed by atoms with Gasteiger partial charge in [-0.05, 0) is 24.5 Å². The number of sulfonamides is 1. The minimum Gasteiger partial charge on any atom is -0.385 e. The van der Waals surface area contributed by atoms with Gasteiger partial charge in [0.1, 0.15) is 16.5 Å². The number of amides is 1. The summed E-state index contributed by atoms with van der Waals surface area (Å²) in [7, 11) is -4.56. The molecule has 3 aromatic rings. The van der Waals surface area contributed by atoms with Crippen molar-refractivity contribution in [3.63, 3.8) is 0 Å². The van der Waals surface area contributed by atoms with Crippen molar-refractivity contribution in [2.75, 3.05) is 18.4 Å². The Hall–Kier alpha value is -3.35. The van der Waals surface area contributed by atoms with Gasteiger partial charge in [0.05, 0.1) is 11.2 Å². The molecule has 1 aliphatic rings. The maximum Gasteiger partial charge on any atom is 0.258 e. The first kappa shape index (κ1) is 25.7. The molecule has 0 aromatic heterocycles. The maximum atomic E-state index is 14.6. The minimum atomic E-state index is -4.56. The normalized spacial score (nSPS) is 16.1. The second kappa shape index (κ2) is 9.60. The SMILES string of the molecule is O=C(Nc1cc(F)c(F)c(F)c1)c1cc(S(=O)(=O)N2CCC(O)(c3ccccc3)CC2)c(F)cc1F. The standard InChI is InChI=1S/C24H19F5N2O4S/c25-17-13-18(26)21(12-16(17)23(32)30-15-10-19(27)22(29)20(28)11-15)36(34,35)31-8-6-24(33,7-9-31)14-4-2-1-3-5-14/h1-5,10-13,33H,6-9H2,(H,30,32). The van der Waals surface area contributed by atoms with E-state index in [-0.39, 0.29) is 32.0 Å². The van der Waals surface area contributed by atoms with E-state index in [2.05, 4.69) is 0 Å². The Morgan fingerprint density at radius 1 is 0.861 bits per heavy atom. The Morgan fingerprint density at radius 2 is 1.44 bits per heavy atom. The first-order valence-electron chi connectivity index (χ1n) is 10.7. The van der Waals surface area contributed by atoms with E-state index in [9.17, 15) is 40.3 Å². The van der Waals surface area contributed by atoms with Gasteiger partial charge in [-0.2, -0.15) is 4.31 Å². The number of rotatable bonds is 5. The number of hydrogen-bond donors (Lipinski definition) is 2. The molecule has 1 heterocycles. The van der Waals surface area contributed by atoms with Gasteiger partial charge in [0, 0.05) is 37.0 Å². The van der Waals surface area contributed by atoms with E-state index in [0.29, 0.717) is 23.8 Å². The van der Waals surface area contributed by atoms with Gasteiger partial charge in [0.2, 0.25) is 10.0 Å². The zero-order chi connectivity index (χ0) is 26.3. The molecule has 0 unspecified atom stereocenters. The van der Waals surface area contributed by atoms with E-state index < -0.39 is 66.8 Å². The van der Waals surface area contributed by atoms with Crippen LogP contribution in [0, 0.1) is 29.1 Å². The summed E-state index contributed by atoms with van der Waals surface area (Å²) >= 11 is 0. The molecule has 1 fully saturated rings. The van der Waals surface area contributed by atoms with Crippen LogP contribution in [-0.2, 0) is 15.6 Å². The van der Waals surface area contributed by atoms with E-state index in [1.165, 1.54) is 0 Å². The van der Waals surface area contributed by atoms with E-state index >= 15 is 0 Å². The molecule has 12 heteroatoms. The number of nitrogens with zero attached hydrogens (tertiary/aromatic N) is 1. The first-order chi connectivity index (χ1) is 16.9. The molecular weight excluding hydrogens is 507 g/mol. The fourth-order valence-electron chi connectivity index (χ4n) is 4.00. The van der Waals surface area contributed by atoms with Gasteiger partial charge in [-0.25, -0.2) is 30.4 Å². The lowest BCUT2D eigenvalue weighted by Gasteiger charge is -2.37. The fraction of sp³-hybridized carbons (Fsp3) is 0.208. The lowest BCUT2D eigenvalue weighted by molar-refractivity contribution is -0.00963. The van der Waals surface area contributed by atoms with Crippen LogP contribution in [0.3, 0.4) is 0 Å². The van der Waals surface area contributed by atoms with E-state index in [0.717, 1.165) is 4.31 Å². The van der Waals surface area contributed by atoms with Crippen LogP contribution in [0.4, 0.5) is 27.6 Å². The number of anilines is 1. The van der Waals surface area contributed by atoms with Crippen LogP contribution < -0.4 is 5.32 Å². The summed E-state index contributed by atoms with van der Waals surface area (Å²) in [6, 6.07) is 10.2. The van der Waals surface area contributed by atoms with E-state index in [4.69, 9.17) is 0 Å². The molecule has 0 bridgehead atoms. The number of nitrogens with one attached hydrogen (secondary N) is 1. The molecule has 2 N–H and O–H groups in total. The number of hydrogen-bond acceptors (Lipinski definition) is 4. The Bertz CT molecular complexity index is 1400. The van der Waals surface area contributed by atoms with E-state index in [1.807, 2.05) is 5.32 Å². The number of halogens is 5. The van der Waals surface area contributed by atoms with Gasteiger partial charge in [-0.15, -0.1) is 0 Å². The Balaban J connectivity index is 1.59. The summed E-state index contributed by atoms with van der Waals surface area (Å²) in [4.78, 5) is 11.5. The number of piperidine rings is 1. The third kappa shape index (κ3) is 4.84. The second-order valence-corrected chi connectivity index (χ2v) is 10.2. The van der Waals surface area contributed by atoms with Crippen molar-refractivity contribution in [3.8, 4) is 0 Å². The van der Waals surface area contributed by atoms with Crippen molar-refractivity contribution in [1.82, 2.24) is 4.31 Å². The molecule has 0 radical (unpaired) electrons. The largest absolute Gasteiger partial charge is 0.385 e. The van der Waals surface area contributed by atoms with Crippen LogP contribution in [0.15, 0.2) is 59.5 Å². The Morgan fingerprint density at radius 3 is 2.03 bits per heavy atom. The van der Waals surface area contributed by atoms with Crippen LogP contribution >= 0.6 is 0 Å². The molecule has 0 atom stereocenters. The molecule has 190 valence electrons. The topological polar surface area (TPSA) is 86.7 Å². The van der Waals surface area contributed by atoms with Crippen molar-refractivity contribution in [1.29, 1.82) is 0 Å². The molecule has 1 amide bonds. The predicted octanol–water partition coefficient (Wildman–Crippen LogP) is 4.31. The fourth-order valence-corrected chi connectivity index (χ4v) is 5.51. The molecule has 36 heavy (non-hydrogen) atoms. The zero-order valence-corrected chi connectivity index (χ0v) is 19.3. The molecule has 1 saturated heterocycles. The van der Waals surface area contributed by atoms with Gasteiger partial charge < -0.3 is 10.4 Å². The summed E-state index contributed by atoms with van der Waals surface area (Å²) in [6.45, 7) is -0.361. The van der Waals surface area contributed by atoms with Crippen LogP contribution in [-0.4, -0.2) is 36.8 Å². The van der Waals surface area contributed by atoms with Crippen molar-refractivity contribution < 1.29 is 40.3 Å².